The van der Waals surface area contributed by atoms with Gasteiger partial charge in [0.2, 0.25) is 0 Å². The summed E-state index contributed by atoms with van der Waals surface area (Å²) in [4.78, 5) is 0. The summed E-state index contributed by atoms with van der Waals surface area (Å²) in [5, 5.41) is 7.25. The van der Waals surface area contributed by atoms with E-state index in [-0.39, 0.29) is 1.43 Å². The highest BCUT2D eigenvalue weighted by Gasteiger charge is 2.06. The normalized spacial score (nSPS) is 11.5. The molecule has 64 valence electrons. The van der Waals surface area contributed by atoms with Gasteiger partial charge >= 0.3 is 0 Å². The fourth-order valence-corrected chi connectivity index (χ4v) is 0.945. The predicted molar refractivity (Wildman–Crippen MR) is 48.9 cm³/mol. The molecular formula is C9H18N2. The van der Waals surface area contributed by atoms with E-state index in [0.29, 0.717) is 11.8 Å². The molecule has 0 saturated carbocycles. The average molecular weight is 154 g/mol. The third kappa shape index (κ3) is 1.82. The minimum Gasteiger partial charge on any atom is -0.282 e. The van der Waals surface area contributed by atoms with Crippen LogP contribution in [0.3, 0.4) is 0 Å². The van der Waals surface area contributed by atoms with E-state index in [0.717, 1.165) is 5.69 Å². The summed E-state index contributed by atoms with van der Waals surface area (Å²) in [6.45, 7) is 8.63. The van der Waals surface area contributed by atoms with Crippen LogP contribution >= 0.6 is 0 Å². The Labute approximate surface area is 69.5 Å². The van der Waals surface area contributed by atoms with E-state index in [9.17, 15) is 0 Å². The van der Waals surface area contributed by atoms with Crippen molar-refractivity contribution in [1.29, 1.82) is 0 Å². The molecule has 0 amide bonds. The van der Waals surface area contributed by atoms with Crippen LogP contribution in [0.5, 0.6) is 0 Å². The number of nitrogens with zero attached hydrogens (tertiary/aromatic N) is 1. The molecule has 0 fully saturated rings. The maximum absolute atomic E-state index is 4.21. The molecule has 0 saturated heterocycles. The number of rotatable bonds is 2. The van der Waals surface area contributed by atoms with Gasteiger partial charge in [-0.1, -0.05) is 27.7 Å². The number of H-pyrrole nitrogens is 1. The van der Waals surface area contributed by atoms with Crippen molar-refractivity contribution in [1.82, 2.24) is 10.2 Å². The molecule has 0 atom stereocenters. The van der Waals surface area contributed by atoms with Gasteiger partial charge in [-0.25, -0.2) is 0 Å². The van der Waals surface area contributed by atoms with Crippen LogP contribution in [0.15, 0.2) is 6.07 Å². The molecule has 0 aliphatic carbocycles. The number of hydrogen-bond acceptors (Lipinski definition) is 1. The molecule has 0 aromatic carbocycles. The Morgan fingerprint density at radius 1 is 1.27 bits per heavy atom. The molecule has 0 radical (unpaired) electrons. The van der Waals surface area contributed by atoms with Gasteiger partial charge in [-0.2, -0.15) is 5.10 Å². The van der Waals surface area contributed by atoms with Gasteiger partial charge in [0.25, 0.3) is 0 Å². The lowest BCUT2D eigenvalue weighted by Gasteiger charge is -1.97. The average Bonchev–Trinajstić information content (AvgIpc) is 2.33. The monoisotopic (exact) mass is 154 g/mol. The zero-order valence-corrected chi connectivity index (χ0v) is 7.68. The summed E-state index contributed by atoms with van der Waals surface area (Å²) < 4.78 is 0. The Balaban J connectivity index is 0.00000121. The van der Waals surface area contributed by atoms with Crippen molar-refractivity contribution in [2.45, 2.75) is 39.5 Å². The highest BCUT2D eigenvalue weighted by Crippen LogP contribution is 2.17. The molecule has 0 aliphatic rings. The first-order valence-electron chi connectivity index (χ1n) is 4.16. The lowest BCUT2D eigenvalue weighted by atomic mass is 10.1. The van der Waals surface area contributed by atoms with Gasteiger partial charge in [0.05, 0.1) is 5.69 Å². The van der Waals surface area contributed by atoms with Gasteiger partial charge in [-0.15, -0.1) is 0 Å². The van der Waals surface area contributed by atoms with Gasteiger partial charge in [0.1, 0.15) is 0 Å². The summed E-state index contributed by atoms with van der Waals surface area (Å²) in [7, 11) is 0. The van der Waals surface area contributed by atoms with Crippen molar-refractivity contribution in [3.8, 4) is 0 Å². The van der Waals surface area contributed by atoms with Gasteiger partial charge in [0.15, 0.2) is 0 Å². The van der Waals surface area contributed by atoms with Crippen LogP contribution in [0.2, 0.25) is 0 Å². The van der Waals surface area contributed by atoms with E-state index in [1.807, 2.05) is 0 Å². The molecule has 1 N–H and O–H groups in total. The minimum absolute atomic E-state index is 0. The molecule has 0 bridgehead atoms. The zero-order chi connectivity index (χ0) is 8.43. The van der Waals surface area contributed by atoms with Crippen molar-refractivity contribution >= 4 is 0 Å². The Morgan fingerprint density at radius 3 is 2.18 bits per heavy atom. The van der Waals surface area contributed by atoms with E-state index < -0.39 is 0 Å². The molecule has 2 heteroatoms. The summed E-state index contributed by atoms with van der Waals surface area (Å²) in [5.41, 5.74) is 2.39. The molecule has 11 heavy (non-hydrogen) atoms. The lowest BCUT2D eigenvalue weighted by Crippen LogP contribution is -1.85. The lowest BCUT2D eigenvalue weighted by molar-refractivity contribution is 0.791. The largest absolute Gasteiger partial charge is 0.282 e. The number of aromatic amines is 1. The second-order valence-electron chi connectivity index (χ2n) is 3.56. The molecule has 0 unspecified atom stereocenters. The minimum atomic E-state index is 0. The van der Waals surface area contributed by atoms with Crippen LogP contribution in [-0.4, -0.2) is 10.2 Å². The van der Waals surface area contributed by atoms with Crippen molar-refractivity contribution in [2.75, 3.05) is 0 Å². The predicted octanol–water partition coefficient (Wildman–Crippen LogP) is 2.90. The van der Waals surface area contributed by atoms with Gasteiger partial charge in [0, 0.05) is 7.12 Å². The fourth-order valence-electron chi connectivity index (χ4n) is 0.945. The van der Waals surface area contributed by atoms with Crippen molar-refractivity contribution in [3.05, 3.63) is 17.5 Å². The first kappa shape index (κ1) is 8.31. The maximum atomic E-state index is 4.21. The number of aromatic nitrogens is 2. The summed E-state index contributed by atoms with van der Waals surface area (Å²) >= 11 is 0. The highest BCUT2D eigenvalue weighted by molar-refractivity contribution is 5.14. The molecule has 0 aliphatic heterocycles. The van der Waals surface area contributed by atoms with Crippen LogP contribution in [0.1, 0.15) is 52.3 Å². The van der Waals surface area contributed by atoms with E-state index in [1.165, 1.54) is 5.69 Å². The standard InChI is InChI=1S/C9H16N2.H2/c1-6(2)8-5-9(7(3)4)11-10-8;/h5-7H,1-4H3,(H,10,11);1H. The van der Waals surface area contributed by atoms with Crippen LogP contribution in [0, 0.1) is 0 Å². The van der Waals surface area contributed by atoms with Crippen LogP contribution in [0.25, 0.3) is 0 Å². The van der Waals surface area contributed by atoms with Crippen LogP contribution in [-0.2, 0) is 0 Å². The first-order chi connectivity index (χ1) is 5.11. The van der Waals surface area contributed by atoms with E-state index >= 15 is 0 Å². The van der Waals surface area contributed by atoms with Crippen LogP contribution in [0.4, 0.5) is 0 Å². The smallest absolute Gasteiger partial charge is 0.0650 e. The van der Waals surface area contributed by atoms with E-state index in [1.54, 1.807) is 0 Å². The molecule has 2 nitrogen and oxygen atoms in total. The third-order valence-corrected chi connectivity index (χ3v) is 1.83. The first-order valence-corrected chi connectivity index (χ1v) is 4.16. The Kier molecular flexibility index (Phi) is 2.32. The van der Waals surface area contributed by atoms with Gasteiger partial charge in [-0.3, -0.25) is 5.10 Å². The maximum Gasteiger partial charge on any atom is 0.0650 e. The summed E-state index contributed by atoms with van der Waals surface area (Å²) in [6.07, 6.45) is 0. The molecule has 1 aromatic rings. The molecule has 0 spiro atoms. The quantitative estimate of drug-likeness (QED) is 0.697. The fraction of sp³-hybridized carbons (Fsp3) is 0.667. The number of hydrogen-bond donors (Lipinski definition) is 1. The number of nitrogens with one attached hydrogen (secondary N) is 1. The Morgan fingerprint density at radius 2 is 1.91 bits per heavy atom. The van der Waals surface area contributed by atoms with Crippen molar-refractivity contribution in [3.63, 3.8) is 0 Å². The van der Waals surface area contributed by atoms with Crippen molar-refractivity contribution in [2.24, 2.45) is 0 Å². The van der Waals surface area contributed by atoms with Crippen LogP contribution < -0.4 is 0 Å². The van der Waals surface area contributed by atoms with E-state index in [2.05, 4.69) is 44.0 Å². The summed E-state index contributed by atoms with van der Waals surface area (Å²) in [6, 6.07) is 2.15. The van der Waals surface area contributed by atoms with Gasteiger partial charge < -0.3 is 0 Å². The molecular weight excluding hydrogens is 136 g/mol. The Hall–Kier alpha value is -0.790. The second-order valence-corrected chi connectivity index (χ2v) is 3.56. The van der Waals surface area contributed by atoms with Gasteiger partial charge in [-0.05, 0) is 17.9 Å². The third-order valence-electron chi connectivity index (χ3n) is 1.83. The van der Waals surface area contributed by atoms with E-state index in [4.69, 9.17) is 0 Å². The topological polar surface area (TPSA) is 28.7 Å². The summed E-state index contributed by atoms with van der Waals surface area (Å²) in [5.74, 6) is 1.08. The van der Waals surface area contributed by atoms with Crippen molar-refractivity contribution < 1.29 is 1.43 Å². The molecule has 1 rings (SSSR count). The molecule has 1 heterocycles. The molecule has 1 aromatic heterocycles. The zero-order valence-electron chi connectivity index (χ0n) is 7.68. The second kappa shape index (κ2) is 3.07. The SMILES string of the molecule is CC(C)c1cc(C(C)C)[nH]n1.[HH]. The Bertz CT molecular complexity index is 206. The highest BCUT2D eigenvalue weighted by atomic mass is 15.1.